The van der Waals surface area contributed by atoms with E-state index in [4.69, 9.17) is 0 Å². The number of carbonyl (C=O) groups is 1. The Morgan fingerprint density at radius 2 is 1.96 bits per heavy atom. The number of halogens is 1. The molecule has 2 aliphatic heterocycles. The predicted molar refractivity (Wildman–Crippen MR) is 107 cm³/mol. The number of rotatable bonds is 3. The molecular weight excluding hydrogens is 411 g/mol. The molecule has 3 nitrogen and oxygen atoms in total. The molecule has 0 saturated carbocycles. The normalized spacial score (nSPS) is 23.5. The van der Waals surface area contributed by atoms with Gasteiger partial charge in [0.2, 0.25) is 0 Å². The highest BCUT2D eigenvalue weighted by Crippen LogP contribution is 2.24. The molecule has 132 valence electrons. The quantitative estimate of drug-likeness (QED) is 0.659. The second-order valence-electron chi connectivity index (χ2n) is 7.68. The van der Waals surface area contributed by atoms with Crippen LogP contribution in [-0.2, 0) is 0 Å². The minimum absolute atomic E-state index is 0.222. The van der Waals surface area contributed by atoms with Crippen molar-refractivity contribution in [2.24, 2.45) is 11.8 Å². The Hall–Kier alpha value is -0.620. The van der Waals surface area contributed by atoms with E-state index in [1.165, 1.54) is 44.5 Å². The average Bonchev–Trinajstić information content (AvgIpc) is 2.59. The molecule has 1 atom stereocenters. The molecule has 2 fully saturated rings. The molecule has 1 aromatic rings. The summed E-state index contributed by atoms with van der Waals surface area (Å²) in [5, 5.41) is 0. The van der Waals surface area contributed by atoms with Gasteiger partial charge in [-0.15, -0.1) is 0 Å². The predicted octanol–water partition coefficient (Wildman–Crippen LogP) is 4.18. The van der Waals surface area contributed by atoms with Crippen molar-refractivity contribution >= 4 is 28.5 Å². The Morgan fingerprint density at radius 3 is 2.71 bits per heavy atom. The molecule has 2 saturated heterocycles. The van der Waals surface area contributed by atoms with Crippen LogP contribution >= 0.6 is 22.6 Å². The summed E-state index contributed by atoms with van der Waals surface area (Å²) in [6, 6.07) is 6.06. The summed E-state index contributed by atoms with van der Waals surface area (Å²) in [7, 11) is 0. The van der Waals surface area contributed by atoms with Crippen LogP contribution in [0.2, 0.25) is 0 Å². The SMILES string of the molecule is Cc1cccc(C(=O)N2CCCC(CN3CCC(C)CC3)C2)c1I. The van der Waals surface area contributed by atoms with Crippen molar-refractivity contribution in [2.75, 3.05) is 32.7 Å². The van der Waals surface area contributed by atoms with Crippen LogP contribution in [0.3, 0.4) is 0 Å². The topological polar surface area (TPSA) is 23.6 Å². The van der Waals surface area contributed by atoms with Gasteiger partial charge >= 0.3 is 0 Å². The van der Waals surface area contributed by atoms with Crippen LogP contribution in [0.1, 0.15) is 48.5 Å². The van der Waals surface area contributed by atoms with Crippen molar-refractivity contribution < 1.29 is 4.79 Å². The number of likely N-dealkylation sites (tertiary alicyclic amines) is 2. The van der Waals surface area contributed by atoms with Crippen molar-refractivity contribution in [3.63, 3.8) is 0 Å². The number of aryl methyl sites for hydroxylation is 1. The summed E-state index contributed by atoms with van der Waals surface area (Å²) in [6.45, 7) is 9.92. The van der Waals surface area contributed by atoms with Crippen LogP contribution in [0.4, 0.5) is 0 Å². The maximum Gasteiger partial charge on any atom is 0.254 e. The van der Waals surface area contributed by atoms with Crippen molar-refractivity contribution in [3.05, 3.63) is 32.9 Å². The number of piperidine rings is 2. The van der Waals surface area contributed by atoms with Gasteiger partial charge in [-0.1, -0.05) is 19.1 Å². The third-order valence-corrected chi connectivity index (χ3v) is 7.05. The van der Waals surface area contributed by atoms with Crippen LogP contribution in [0, 0.1) is 22.3 Å². The lowest BCUT2D eigenvalue weighted by Gasteiger charge is -2.38. The lowest BCUT2D eigenvalue weighted by atomic mass is 9.94. The molecule has 2 aliphatic rings. The lowest BCUT2D eigenvalue weighted by Crippen LogP contribution is -2.45. The van der Waals surface area contributed by atoms with Gasteiger partial charge in [0.15, 0.2) is 0 Å². The van der Waals surface area contributed by atoms with Gasteiger partial charge in [0.25, 0.3) is 5.91 Å². The third-order valence-electron chi connectivity index (χ3n) is 5.62. The Balaban J connectivity index is 1.60. The van der Waals surface area contributed by atoms with E-state index in [-0.39, 0.29) is 5.91 Å². The maximum atomic E-state index is 13.0. The monoisotopic (exact) mass is 440 g/mol. The van der Waals surface area contributed by atoms with Gasteiger partial charge in [-0.05, 0) is 91.8 Å². The molecule has 1 amide bonds. The van der Waals surface area contributed by atoms with Gasteiger partial charge in [0.05, 0.1) is 5.56 Å². The molecule has 0 N–H and O–H groups in total. The number of nitrogens with zero attached hydrogens (tertiary/aromatic N) is 2. The third kappa shape index (κ3) is 4.31. The van der Waals surface area contributed by atoms with E-state index >= 15 is 0 Å². The van der Waals surface area contributed by atoms with E-state index in [1.54, 1.807) is 0 Å². The summed E-state index contributed by atoms with van der Waals surface area (Å²) >= 11 is 2.31. The van der Waals surface area contributed by atoms with Gasteiger partial charge in [0, 0.05) is 23.2 Å². The van der Waals surface area contributed by atoms with Gasteiger partial charge in [0.1, 0.15) is 0 Å². The zero-order chi connectivity index (χ0) is 17.1. The fourth-order valence-electron chi connectivity index (χ4n) is 3.99. The number of hydrogen-bond donors (Lipinski definition) is 0. The fourth-order valence-corrected chi connectivity index (χ4v) is 4.58. The van der Waals surface area contributed by atoms with Crippen LogP contribution in [-0.4, -0.2) is 48.4 Å². The maximum absolute atomic E-state index is 13.0. The minimum Gasteiger partial charge on any atom is -0.338 e. The van der Waals surface area contributed by atoms with Crippen LogP contribution < -0.4 is 0 Å². The van der Waals surface area contributed by atoms with Crippen LogP contribution in [0.15, 0.2) is 18.2 Å². The summed E-state index contributed by atoms with van der Waals surface area (Å²) in [6.07, 6.45) is 5.07. The molecule has 0 spiro atoms. The number of amides is 1. The Labute approximate surface area is 159 Å². The van der Waals surface area contributed by atoms with E-state index in [0.29, 0.717) is 5.92 Å². The first-order valence-electron chi connectivity index (χ1n) is 9.31. The highest BCUT2D eigenvalue weighted by atomic mass is 127. The van der Waals surface area contributed by atoms with Gasteiger partial charge < -0.3 is 9.80 Å². The van der Waals surface area contributed by atoms with Gasteiger partial charge in [-0.2, -0.15) is 0 Å². The second-order valence-corrected chi connectivity index (χ2v) is 8.76. The highest BCUT2D eigenvalue weighted by Gasteiger charge is 2.27. The number of carbonyl (C=O) groups excluding carboxylic acids is 1. The lowest BCUT2D eigenvalue weighted by molar-refractivity contribution is 0.0621. The zero-order valence-corrected chi connectivity index (χ0v) is 17.1. The molecule has 2 heterocycles. The number of benzene rings is 1. The molecule has 0 aliphatic carbocycles. The van der Waals surface area contributed by atoms with Gasteiger partial charge in [-0.3, -0.25) is 4.79 Å². The average molecular weight is 440 g/mol. The Bertz CT molecular complexity index is 581. The summed E-state index contributed by atoms with van der Waals surface area (Å²) in [4.78, 5) is 17.7. The van der Waals surface area contributed by atoms with Crippen LogP contribution in [0.25, 0.3) is 0 Å². The molecule has 4 heteroatoms. The molecule has 24 heavy (non-hydrogen) atoms. The first-order chi connectivity index (χ1) is 11.5. The fraction of sp³-hybridized carbons (Fsp3) is 0.650. The largest absolute Gasteiger partial charge is 0.338 e. The van der Waals surface area contributed by atoms with E-state index in [0.717, 1.165) is 34.6 Å². The zero-order valence-electron chi connectivity index (χ0n) is 14.9. The van der Waals surface area contributed by atoms with Crippen molar-refractivity contribution in [3.8, 4) is 0 Å². The van der Waals surface area contributed by atoms with E-state index in [2.05, 4.69) is 52.3 Å². The first-order valence-corrected chi connectivity index (χ1v) is 10.4. The Morgan fingerprint density at radius 1 is 1.21 bits per heavy atom. The van der Waals surface area contributed by atoms with Crippen molar-refractivity contribution in [1.29, 1.82) is 0 Å². The molecule has 0 bridgehead atoms. The van der Waals surface area contributed by atoms with E-state index in [1.807, 2.05) is 12.1 Å². The van der Waals surface area contributed by atoms with Crippen molar-refractivity contribution in [1.82, 2.24) is 9.80 Å². The highest BCUT2D eigenvalue weighted by molar-refractivity contribution is 14.1. The number of hydrogen-bond acceptors (Lipinski definition) is 2. The van der Waals surface area contributed by atoms with Gasteiger partial charge in [-0.25, -0.2) is 0 Å². The second kappa shape index (κ2) is 8.17. The first kappa shape index (κ1) is 18.2. The molecule has 0 aromatic heterocycles. The standard InChI is InChI=1S/C20H29IN2O/c1-15-8-11-22(12-9-15)13-17-6-4-10-23(14-17)20(24)18-7-3-5-16(2)19(18)21/h3,5,7,15,17H,4,6,8-14H2,1-2H3. The minimum atomic E-state index is 0.222. The molecular formula is C20H29IN2O. The molecule has 1 unspecified atom stereocenters. The summed E-state index contributed by atoms with van der Waals surface area (Å²) < 4.78 is 1.10. The summed E-state index contributed by atoms with van der Waals surface area (Å²) in [5.41, 5.74) is 2.07. The molecule has 1 aromatic carbocycles. The Kier molecular flexibility index (Phi) is 6.19. The van der Waals surface area contributed by atoms with E-state index < -0.39 is 0 Å². The summed E-state index contributed by atoms with van der Waals surface area (Å²) in [5.74, 6) is 1.74. The molecule has 3 rings (SSSR count). The van der Waals surface area contributed by atoms with Crippen molar-refractivity contribution in [2.45, 2.75) is 39.5 Å². The smallest absolute Gasteiger partial charge is 0.254 e. The van der Waals surface area contributed by atoms with Crippen LogP contribution in [0.5, 0.6) is 0 Å². The molecule has 0 radical (unpaired) electrons. The van der Waals surface area contributed by atoms with E-state index in [9.17, 15) is 4.79 Å².